The van der Waals surface area contributed by atoms with Crippen LogP contribution in [0.5, 0.6) is 0 Å². The fourth-order valence-electron chi connectivity index (χ4n) is 3.12. The summed E-state index contributed by atoms with van der Waals surface area (Å²) in [4.78, 5) is 4.98. The van der Waals surface area contributed by atoms with Crippen LogP contribution in [0.25, 0.3) is 0 Å². The molecule has 1 aromatic rings. The van der Waals surface area contributed by atoms with Gasteiger partial charge in [0, 0.05) is 6.42 Å². The van der Waals surface area contributed by atoms with Gasteiger partial charge in [-0.15, -0.1) is 0 Å². The molecular weight excluding hydrogens is 246 g/mol. The number of para-hydroxylation sites is 1. The number of nitrogens with zero attached hydrogens (tertiary/aromatic N) is 3. The van der Waals surface area contributed by atoms with Crippen molar-refractivity contribution in [1.82, 2.24) is 4.90 Å². The summed E-state index contributed by atoms with van der Waals surface area (Å²) in [5.74, 6) is 1.34. The summed E-state index contributed by atoms with van der Waals surface area (Å²) in [5.41, 5.74) is 1.29. The second-order valence-electron chi connectivity index (χ2n) is 6.16. The maximum Gasteiger partial charge on any atom is 0.355 e. The molecular formula is C17H28N3+. The Morgan fingerprint density at radius 2 is 1.65 bits per heavy atom. The van der Waals surface area contributed by atoms with E-state index < -0.39 is 0 Å². The molecule has 1 aliphatic heterocycles. The highest BCUT2D eigenvalue weighted by molar-refractivity contribution is 5.93. The summed E-state index contributed by atoms with van der Waals surface area (Å²) in [6, 6.07) is 11.7. The molecule has 0 spiro atoms. The van der Waals surface area contributed by atoms with Gasteiger partial charge in [0.25, 0.3) is 0 Å². The van der Waals surface area contributed by atoms with Crippen LogP contribution in [0.1, 0.15) is 34.1 Å². The molecule has 0 unspecified atom stereocenters. The lowest BCUT2D eigenvalue weighted by molar-refractivity contribution is -0.507. The fraction of sp³-hybridized carbons (Fsp3) is 0.588. The first-order valence-electron chi connectivity index (χ1n) is 7.71. The maximum atomic E-state index is 2.52. The van der Waals surface area contributed by atoms with Crippen molar-refractivity contribution in [2.24, 2.45) is 0 Å². The van der Waals surface area contributed by atoms with Gasteiger partial charge in [0.1, 0.15) is 5.69 Å². The Kier molecular flexibility index (Phi) is 4.69. The van der Waals surface area contributed by atoms with Crippen molar-refractivity contribution in [2.45, 2.75) is 46.2 Å². The zero-order valence-corrected chi connectivity index (χ0v) is 13.5. The van der Waals surface area contributed by atoms with E-state index in [1.807, 2.05) is 0 Å². The van der Waals surface area contributed by atoms with Crippen molar-refractivity contribution in [2.75, 3.05) is 25.0 Å². The third-order valence-electron chi connectivity index (χ3n) is 3.87. The van der Waals surface area contributed by atoms with Crippen molar-refractivity contribution in [3.05, 3.63) is 30.3 Å². The van der Waals surface area contributed by atoms with Gasteiger partial charge in [-0.2, -0.15) is 0 Å². The molecule has 3 heteroatoms. The fourth-order valence-corrected chi connectivity index (χ4v) is 3.12. The van der Waals surface area contributed by atoms with Crippen molar-refractivity contribution >= 4 is 11.6 Å². The van der Waals surface area contributed by atoms with Crippen LogP contribution < -0.4 is 4.90 Å². The van der Waals surface area contributed by atoms with Gasteiger partial charge in [-0.1, -0.05) is 18.2 Å². The van der Waals surface area contributed by atoms with Gasteiger partial charge in [-0.05, 0) is 39.8 Å². The molecule has 0 saturated heterocycles. The Balaban J connectivity index is 2.43. The summed E-state index contributed by atoms with van der Waals surface area (Å²) in [6.07, 6.45) is 1.21. The van der Waals surface area contributed by atoms with E-state index in [2.05, 4.69) is 79.4 Å². The molecule has 0 aliphatic carbocycles. The van der Waals surface area contributed by atoms with Crippen LogP contribution in [0.2, 0.25) is 0 Å². The van der Waals surface area contributed by atoms with E-state index in [0.29, 0.717) is 12.1 Å². The minimum absolute atomic E-state index is 0.497. The Morgan fingerprint density at radius 1 is 1.05 bits per heavy atom. The lowest BCUT2D eigenvalue weighted by Crippen LogP contribution is -2.57. The van der Waals surface area contributed by atoms with Crippen LogP contribution in [0.3, 0.4) is 0 Å². The van der Waals surface area contributed by atoms with Crippen LogP contribution in [0.4, 0.5) is 5.69 Å². The van der Waals surface area contributed by atoms with Gasteiger partial charge in [0.2, 0.25) is 0 Å². The number of hydrogen-bond donors (Lipinski definition) is 0. The summed E-state index contributed by atoms with van der Waals surface area (Å²) in [6.45, 7) is 11.3. The summed E-state index contributed by atoms with van der Waals surface area (Å²) in [7, 11) is 2.21. The largest absolute Gasteiger partial charge is 0.355 e. The molecule has 0 atom stereocenters. The van der Waals surface area contributed by atoms with Crippen molar-refractivity contribution in [1.29, 1.82) is 0 Å². The summed E-state index contributed by atoms with van der Waals surface area (Å²) < 4.78 is 2.40. The molecule has 1 aromatic carbocycles. The minimum Gasteiger partial charge on any atom is -0.267 e. The van der Waals surface area contributed by atoms with E-state index >= 15 is 0 Å². The first-order chi connectivity index (χ1) is 9.52. The second kappa shape index (κ2) is 6.29. The Morgan fingerprint density at radius 3 is 2.20 bits per heavy atom. The van der Waals surface area contributed by atoms with Crippen LogP contribution in [-0.2, 0) is 0 Å². The molecule has 0 amide bonds. The van der Waals surface area contributed by atoms with Crippen molar-refractivity contribution in [3.8, 4) is 0 Å². The highest BCUT2D eigenvalue weighted by Gasteiger charge is 2.35. The number of rotatable bonds is 3. The first-order valence-corrected chi connectivity index (χ1v) is 7.71. The van der Waals surface area contributed by atoms with E-state index in [9.17, 15) is 0 Å². The molecule has 0 aromatic heterocycles. The Labute approximate surface area is 123 Å². The third-order valence-corrected chi connectivity index (χ3v) is 3.87. The SMILES string of the molecule is CC(C)N(C1=[N+](C)CCCN1c1ccccc1)C(C)C. The predicted octanol–water partition coefficient (Wildman–Crippen LogP) is 3.01. The summed E-state index contributed by atoms with van der Waals surface area (Å²) in [5, 5.41) is 0. The highest BCUT2D eigenvalue weighted by Crippen LogP contribution is 2.20. The van der Waals surface area contributed by atoms with Gasteiger partial charge in [-0.3, -0.25) is 9.48 Å². The van der Waals surface area contributed by atoms with Crippen molar-refractivity contribution < 1.29 is 4.58 Å². The molecule has 3 nitrogen and oxygen atoms in total. The lowest BCUT2D eigenvalue weighted by Gasteiger charge is -2.36. The zero-order valence-electron chi connectivity index (χ0n) is 13.5. The normalized spacial score (nSPS) is 16.2. The molecule has 1 heterocycles. The molecule has 0 N–H and O–H groups in total. The predicted molar refractivity (Wildman–Crippen MR) is 86.6 cm³/mol. The average molecular weight is 274 g/mol. The maximum absolute atomic E-state index is 2.52. The highest BCUT2D eigenvalue weighted by atomic mass is 15.4. The Hall–Kier alpha value is -1.51. The third kappa shape index (κ3) is 2.97. The molecule has 0 radical (unpaired) electrons. The standard InChI is InChI=1S/C17H28N3/c1-14(2)20(15(3)4)17-18(5)12-9-13-19(17)16-10-7-6-8-11-16/h6-8,10-11,14-15H,9,12-13H2,1-5H3/q+1. The molecule has 0 fully saturated rings. The van der Waals surface area contributed by atoms with Gasteiger partial charge < -0.3 is 0 Å². The van der Waals surface area contributed by atoms with E-state index in [0.717, 1.165) is 13.1 Å². The van der Waals surface area contributed by atoms with E-state index in [-0.39, 0.29) is 0 Å². The average Bonchev–Trinajstić information content (AvgIpc) is 2.41. The number of benzene rings is 1. The smallest absolute Gasteiger partial charge is 0.267 e. The van der Waals surface area contributed by atoms with Gasteiger partial charge >= 0.3 is 5.96 Å². The van der Waals surface area contributed by atoms with E-state index in [1.54, 1.807) is 0 Å². The lowest BCUT2D eigenvalue weighted by atomic mass is 10.2. The summed E-state index contributed by atoms with van der Waals surface area (Å²) >= 11 is 0. The molecule has 0 bridgehead atoms. The van der Waals surface area contributed by atoms with Gasteiger partial charge in [-0.25, -0.2) is 4.90 Å². The number of guanidine groups is 1. The van der Waals surface area contributed by atoms with Crippen LogP contribution in [-0.4, -0.2) is 47.7 Å². The quantitative estimate of drug-likeness (QED) is 0.784. The van der Waals surface area contributed by atoms with Crippen LogP contribution >= 0.6 is 0 Å². The topological polar surface area (TPSA) is 9.49 Å². The zero-order chi connectivity index (χ0) is 14.7. The monoisotopic (exact) mass is 274 g/mol. The van der Waals surface area contributed by atoms with E-state index in [1.165, 1.54) is 18.1 Å². The first kappa shape index (κ1) is 14.9. The van der Waals surface area contributed by atoms with Crippen LogP contribution in [0.15, 0.2) is 30.3 Å². The number of hydrogen-bond acceptors (Lipinski definition) is 2. The molecule has 110 valence electrons. The molecule has 20 heavy (non-hydrogen) atoms. The van der Waals surface area contributed by atoms with Crippen LogP contribution in [0, 0.1) is 0 Å². The molecule has 1 aliphatic rings. The molecule has 0 saturated carbocycles. The van der Waals surface area contributed by atoms with E-state index in [4.69, 9.17) is 0 Å². The van der Waals surface area contributed by atoms with Gasteiger partial charge in [0.05, 0.1) is 32.2 Å². The second-order valence-corrected chi connectivity index (χ2v) is 6.16. The Bertz CT molecular complexity index is 454. The minimum atomic E-state index is 0.497. The van der Waals surface area contributed by atoms with Gasteiger partial charge in [0.15, 0.2) is 0 Å². The molecule has 2 rings (SSSR count). The van der Waals surface area contributed by atoms with Crippen molar-refractivity contribution in [3.63, 3.8) is 0 Å². The number of anilines is 1.